The van der Waals surface area contributed by atoms with E-state index in [0.29, 0.717) is 12.5 Å². The second-order valence-electron chi connectivity index (χ2n) is 7.75. The Bertz CT molecular complexity index is 897. The highest BCUT2D eigenvalue weighted by Crippen LogP contribution is 2.30. The standard InChI is InChI=1S/C19H28N4O3S/c1-3-27(24,25)21-17-6-7-18(26-13-17)12-23-10-16(11-23)14-4-5-15-9-20-22(2)19(15)8-14/h4-5,8-9,16-18,21H,3,6-7,10-13H2,1-2H3/t17-,18+/m1/s1. The number of aromatic nitrogens is 2. The SMILES string of the molecule is CCS(=O)(=O)N[C@@H]1CC[C@@H](CN2CC(c3ccc4cnn(C)c4c3)C2)OC1. The second-order valence-corrected chi connectivity index (χ2v) is 9.80. The molecule has 0 bridgehead atoms. The number of ether oxygens (including phenoxy) is 1. The van der Waals surface area contributed by atoms with Gasteiger partial charge in [0.1, 0.15) is 0 Å². The zero-order valence-electron chi connectivity index (χ0n) is 16.0. The Kier molecular flexibility index (Phi) is 5.24. The summed E-state index contributed by atoms with van der Waals surface area (Å²) >= 11 is 0. The van der Waals surface area contributed by atoms with Crippen LogP contribution in [-0.4, -0.2) is 67.2 Å². The number of nitrogens with one attached hydrogen (secondary N) is 1. The van der Waals surface area contributed by atoms with Gasteiger partial charge in [0.2, 0.25) is 10.0 Å². The van der Waals surface area contributed by atoms with Crippen molar-refractivity contribution in [3.05, 3.63) is 30.0 Å². The Morgan fingerprint density at radius 2 is 2.11 bits per heavy atom. The van der Waals surface area contributed by atoms with Crippen molar-refractivity contribution in [2.24, 2.45) is 7.05 Å². The average molecular weight is 393 g/mol. The fourth-order valence-electron chi connectivity index (χ4n) is 4.01. The molecule has 4 rings (SSSR count). The lowest BCUT2D eigenvalue weighted by Gasteiger charge is -2.42. The van der Waals surface area contributed by atoms with Gasteiger partial charge in [-0.3, -0.25) is 9.58 Å². The third-order valence-corrected chi connectivity index (χ3v) is 7.21. The van der Waals surface area contributed by atoms with E-state index in [9.17, 15) is 8.42 Å². The molecule has 148 valence electrons. The molecular weight excluding hydrogens is 364 g/mol. The first kappa shape index (κ1) is 18.9. The maximum atomic E-state index is 11.7. The Hall–Kier alpha value is -1.48. The quantitative estimate of drug-likeness (QED) is 0.805. The molecule has 2 aliphatic heterocycles. The van der Waals surface area contributed by atoms with Crippen LogP contribution in [0.3, 0.4) is 0 Å². The van der Waals surface area contributed by atoms with Gasteiger partial charge >= 0.3 is 0 Å². The van der Waals surface area contributed by atoms with E-state index < -0.39 is 10.0 Å². The van der Waals surface area contributed by atoms with Crippen molar-refractivity contribution in [3.8, 4) is 0 Å². The summed E-state index contributed by atoms with van der Waals surface area (Å²) in [6.07, 6.45) is 3.85. The van der Waals surface area contributed by atoms with Gasteiger partial charge in [-0.1, -0.05) is 12.1 Å². The lowest BCUT2D eigenvalue weighted by atomic mass is 9.90. The summed E-state index contributed by atoms with van der Waals surface area (Å²) < 4.78 is 33.9. The molecule has 1 aromatic carbocycles. The number of hydrogen-bond acceptors (Lipinski definition) is 5. The number of likely N-dealkylation sites (tertiary alicyclic amines) is 1. The van der Waals surface area contributed by atoms with Crippen molar-refractivity contribution in [3.63, 3.8) is 0 Å². The van der Waals surface area contributed by atoms with Crippen molar-refractivity contribution >= 4 is 20.9 Å². The zero-order valence-corrected chi connectivity index (χ0v) is 16.8. The highest BCUT2D eigenvalue weighted by atomic mass is 32.2. The van der Waals surface area contributed by atoms with Crippen LogP contribution in [-0.2, 0) is 21.8 Å². The van der Waals surface area contributed by atoms with Crippen molar-refractivity contribution in [1.29, 1.82) is 0 Å². The molecule has 8 heteroatoms. The van der Waals surface area contributed by atoms with Crippen LogP contribution in [0.1, 0.15) is 31.2 Å². The van der Waals surface area contributed by atoms with Crippen LogP contribution in [0.5, 0.6) is 0 Å². The lowest BCUT2D eigenvalue weighted by molar-refractivity contribution is -0.0307. The van der Waals surface area contributed by atoms with Crippen LogP contribution in [0.4, 0.5) is 0 Å². The first-order valence-corrected chi connectivity index (χ1v) is 11.3. The number of benzene rings is 1. The number of fused-ring (bicyclic) bond motifs is 1. The van der Waals surface area contributed by atoms with Crippen molar-refractivity contribution < 1.29 is 13.2 Å². The Labute approximate surface area is 160 Å². The van der Waals surface area contributed by atoms with Crippen LogP contribution in [0.25, 0.3) is 10.9 Å². The van der Waals surface area contributed by atoms with E-state index in [1.165, 1.54) is 16.5 Å². The first-order valence-electron chi connectivity index (χ1n) is 9.69. The fourth-order valence-corrected chi connectivity index (χ4v) is 4.87. The molecule has 1 N–H and O–H groups in total. The smallest absolute Gasteiger partial charge is 0.211 e. The van der Waals surface area contributed by atoms with E-state index in [4.69, 9.17) is 4.74 Å². The van der Waals surface area contributed by atoms with Crippen LogP contribution in [0.2, 0.25) is 0 Å². The molecule has 0 saturated carbocycles. The predicted molar refractivity (Wildman–Crippen MR) is 105 cm³/mol. The number of hydrogen-bond donors (Lipinski definition) is 1. The Morgan fingerprint density at radius 1 is 1.30 bits per heavy atom. The monoisotopic (exact) mass is 392 g/mol. The van der Waals surface area contributed by atoms with E-state index in [0.717, 1.165) is 32.5 Å². The molecule has 1 aromatic heterocycles. The van der Waals surface area contributed by atoms with Crippen molar-refractivity contribution in [1.82, 2.24) is 19.4 Å². The molecule has 0 amide bonds. The zero-order chi connectivity index (χ0) is 19.0. The summed E-state index contributed by atoms with van der Waals surface area (Å²) in [6.45, 7) is 5.15. The lowest BCUT2D eigenvalue weighted by Crippen LogP contribution is -2.51. The highest BCUT2D eigenvalue weighted by Gasteiger charge is 2.32. The molecule has 2 atom stereocenters. The van der Waals surface area contributed by atoms with Gasteiger partial charge < -0.3 is 4.74 Å². The van der Waals surface area contributed by atoms with Gasteiger partial charge in [0.25, 0.3) is 0 Å². The average Bonchev–Trinajstić information content (AvgIpc) is 2.99. The molecule has 27 heavy (non-hydrogen) atoms. The summed E-state index contributed by atoms with van der Waals surface area (Å²) in [6, 6.07) is 6.54. The molecule has 2 fully saturated rings. The number of rotatable bonds is 6. The van der Waals surface area contributed by atoms with E-state index in [-0.39, 0.29) is 17.9 Å². The van der Waals surface area contributed by atoms with Gasteiger partial charge in [0, 0.05) is 44.0 Å². The number of aryl methyl sites for hydroxylation is 1. The first-order chi connectivity index (χ1) is 12.9. The van der Waals surface area contributed by atoms with Crippen molar-refractivity contribution in [2.45, 2.75) is 37.8 Å². The summed E-state index contributed by atoms with van der Waals surface area (Å²) in [7, 11) is -1.17. The van der Waals surface area contributed by atoms with Crippen LogP contribution in [0.15, 0.2) is 24.4 Å². The topological polar surface area (TPSA) is 76.5 Å². The Balaban J connectivity index is 1.24. The highest BCUT2D eigenvalue weighted by molar-refractivity contribution is 7.89. The molecule has 0 unspecified atom stereocenters. The third kappa shape index (κ3) is 4.18. The van der Waals surface area contributed by atoms with Crippen LogP contribution < -0.4 is 4.72 Å². The van der Waals surface area contributed by atoms with Gasteiger partial charge in [0.15, 0.2) is 0 Å². The molecule has 2 aromatic rings. The van der Waals surface area contributed by atoms with Gasteiger partial charge in [-0.15, -0.1) is 0 Å². The maximum absolute atomic E-state index is 11.7. The van der Waals surface area contributed by atoms with Gasteiger partial charge in [0.05, 0.1) is 30.2 Å². The molecule has 2 aliphatic rings. The summed E-state index contributed by atoms with van der Waals surface area (Å²) in [4.78, 5) is 2.43. The van der Waals surface area contributed by atoms with Crippen LogP contribution in [0, 0.1) is 0 Å². The van der Waals surface area contributed by atoms with E-state index in [2.05, 4.69) is 32.9 Å². The molecule has 3 heterocycles. The molecule has 0 spiro atoms. The van der Waals surface area contributed by atoms with Gasteiger partial charge in [-0.2, -0.15) is 5.10 Å². The molecule has 0 aliphatic carbocycles. The Morgan fingerprint density at radius 3 is 2.81 bits per heavy atom. The minimum absolute atomic E-state index is 0.0824. The number of nitrogens with zero attached hydrogens (tertiary/aromatic N) is 3. The van der Waals surface area contributed by atoms with Gasteiger partial charge in [-0.25, -0.2) is 13.1 Å². The second kappa shape index (κ2) is 7.50. The fraction of sp³-hybridized carbons (Fsp3) is 0.632. The van der Waals surface area contributed by atoms with Gasteiger partial charge in [-0.05, 0) is 31.4 Å². The van der Waals surface area contributed by atoms with Crippen molar-refractivity contribution in [2.75, 3.05) is 32.0 Å². The predicted octanol–water partition coefficient (Wildman–Crippen LogP) is 1.46. The minimum atomic E-state index is -3.15. The molecule has 0 radical (unpaired) electrons. The minimum Gasteiger partial charge on any atom is -0.375 e. The summed E-state index contributed by atoms with van der Waals surface area (Å²) in [5.74, 6) is 0.684. The maximum Gasteiger partial charge on any atom is 0.211 e. The molecule has 2 saturated heterocycles. The summed E-state index contributed by atoms with van der Waals surface area (Å²) in [5.41, 5.74) is 2.56. The summed E-state index contributed by atoms with van der Waals surface area (Å²) in [5, 5.41) is 5.49. The van der Waals surface area contributed by atoms with E-state index >= 15 is 0 Å². The van der Waals surface area contributed by atoms with E-state index in [1.54, 1.807) is 6.92 Å². The molecular formula is C19H28N4O3S. The molecule has 7 nitrogen and oxygen atoms in total. The third-order valence-electron chi connectivity index (χ3n) is 5.76. The normalized spacial score (nSPS) is 25.0. The van der Waals surface area contributed by atoms with Crippen LogP contribution >= 0.6 is 0 Å². The van der Waals surface area contributed by atoms with E-state index in [1.807, 2.05) is 17.9 Å². The number of sulfonamides is 1. The largest absolute Gasteiger partial charge is 0.375 e.